The van der Waals surface area contributed by atoms with E-state index in [1.807, 2.05) is 0 Å². The lowest BCUT2D eigenvalue weighted by Gasteiger charge is -2.26. The summed E-state index contributed by atoms with van der Waals surface area (Å²) in [6.45, 7) is 2.00. The van der Waals surface area contributed by atoms with Gasteiger partial charge in [0.05, 0.1) is 18.8 Å². The summed E-state index contributed by atoms with van der Waals surface area (Å²) in [5.41, 5.74) is 6.18. The van der Waals surface area contributed by atoms with Crippen LogP contribution in [0.25, 0.3) is 5.65 Å². The van der Waals surface area contributed by atoms with E-state index in [4.69, 9.17) is 10.5 Å². The van der Waals surface area contributed by atoms with E-state index in [2.05, 4.69) is 10.1 Å². The maximum absolute atomic E-state index is 14.4. The van der Waals surface area contributed by atoms with Crippen LogP contribution in [0.5, 0.6) is 0 Å². The Morgan fingerprint density at radius 1 is 1.38 bits per heavy atom. The molecule has 3 aromatic rings. The molecule has 1 unspecified atom stereocenters. The number of aromatic nitrogens is 3. The van der Waals surface area contributed by atoms with Crippen LogP contribution >= 0.6 is 0 Å². The number of benzene rings is 1. The highest BCUT2D eigenvalue weighted by Crippen LogP contribution is 2.37. The van der Waals surface area contributed by atoms with E-state index in [-0.39, 0.29) is 42.2 Å². The number of nitrogens with two attached hydrogens (primary N) is 1. The van der Waals surface area contributed by atoms with E-state index in [1.54, 1.807) is 24.1 Å². The molecule has 152 valence electrons. The highest BCUT2D eigenvalue weighted by Gasteiger charge is 2.35. The number of aliphatic hydroxyl groups is 1. The molecular weight excluding hydrogens is 384 g/mol. The molecule has 29 heavy (non-hydrogen) atoms. The minimum absolute atomic E-state index is 0.0257. The molecule has 1 aliphatic heterocycles. The van der Waals surface area contributed by atoms with Gasteiger partial charge in [-0.15, -0.1) is 5.10 Å². The van der Waals surface area contributed by atoms with Crippen LogP contribution in [0.4, 0.5) is 20.4 Å². The molecule has 1 saturated heterocycles. The minimum atomic E-state index is -0.750. The van der Waals surface area contributed by atoms with Gasteiger partial charge in [0.2, 0.25) is 0 Å². The van der Waals surface area contributed by atoms with Gasteiger partial charge in [-0.1, -0.05) is 0 Å². The number of anilines is 2. The maximum atomic E-state index is 14.4. The molecule has 4 rings (SSSR count). The van der Waals surface area contributed by atoms with E-state index >= 15 is 0 Å². The summed E-state index contributed by atoms with van der Waals surface area (Å²) in [5, 5.41) is 14.2. The van der Waals surface area contributed by atoms with Crippen molar-refractivity contribution in [1.82, 2.24) is 14.6 Å². The third-order valence-corrected chi connectivity index (χ3v) is 4.87. The zero-order valence-electron chi connectivity index (χ0n) is 15.5. The monoisotopic (exact) mass is 403 g/mol. The second-order valence-corrected chi connectivity index (χ2v) is 6.76. The Balaban J connectivity index is 1.79. The first-order valence-corrected chi connectivity index (χ1v) is 9.10. The number of halogens is 2. The molecule has 2 aromatic heterocycles. The smallest absolute Gasteiger partial charge is 0.345 e. The second-order valence-electron chi connectivity index (χ2n) is 6.76. The van der Waals surface area contributed by atoms with Gasteiger partial charge in [-0.05, 0) is 37.6 Å². The average molecular weight is 403 g/mol. The molecule has 0 aliphatic carbocycles. The third-order valence-electron chi connectivity index (χ3n) is 4.87. The lowest BCUT2D eigenvalue weighted by molar-refractivity contribution is 0.0529. The fourth-order valence-electron chi connectivity index (χ4n) is 3.63. The number of carbonyl (C=O) groups excluding carboxylic acids is 1. The molecule has 2 atom stereocenters. The molecule has 8 nitrogen and oxygen atoms in total. The Morgan fingerprint density at radius 2 is 2.17 bits per heavy atom. The highest BCUT2D eigenvalue weighted by molar-refractivity contribution is 6.00. The van der Waals surface area contributed by atoms with E-state index < -0.39 is 29.7 Å². The zero-order valence-corrected chi connectivity index (χ0v) is 15.5. The van der Waals surface area contributed by atoms with Crippen molar-refractivity contribution < 1.29 is 23.4 Å². The van der Waals surface area contributed by atoms with E-state index in [1.165, 1.54) is 4.52 Å². The Morgan fingerprint density at radius 3 is 2.93 bits per heavy atom. The number of nitrogen functional groups attached to an aromatic ring is 1. The molecule has 0 saturated carbocycles. The number of carbonyl (C=O) groups is 1. The van der Waals surface area contributed by atoms with E-state index in [0.29, 0.717) is 5.82 Å². The van der Waals surface area contributed by atoms with Gasteiger partial charge in [0, 0.05) is 18.3 Å². The van der Waals surface area contributed by atoms with Crippen molar-refractivity contribution in [2.24, 2.45) is 0 Å². The second kappa shape index (κ2) is 7.28. The van der Waals surface area contributed by atoms with Gasteiger partial charge in [0.25, 0.3) is 0 Å². The lowest BCUT2D eigenvalue weighted by atomic mass is 10.0. The summed E-state index contributed by atoms with van der Waals surface area (Å²) in [6.07, 6.45) is 1.01. The van der Waals surface area contributed by atoms with Gasteiger partial charge in [0.15, 0.2) is 11.5 Å². The molecule has 10 heteroatoms. The summed E-state index contributed by atoms with van der Waals surface area (Å²) in [7, 11) is 0. The Bertz CT molecular complexity index is 1090. The summed E-state index contributed by atoms with van der Waals surface area (Å²) in [6, 6.07) is 4.20. The maximum Gasteiger partial charge on any atom is 0.345 e. The molecule has 0 amide bonds. The van der Waals surface area contributed by atoms with Gasteiger partial charge in [-0.3, -0.25) is 0 Å². The largest absolute Gasteiger partial charge is 0.462 e. The zero-order chi connectivity index (χ0) is 20.7. The normalized spacial score (nSPS) is 19.1. The van der Waals surface area contributed by atoms with Crippen LogP contribution in [0.2, 0.25) is 0 Å². The number of esters is 1. The fraction of sp³-hybridized carbons (Fsp3) is 0.316. The lowest BCUT2D eigenvalue weighted by Crippen LogP contribution is -2.26. The molecule has 0 radical (unpaired) electrons. The fourth-order valence-corrected chi connectivity index (χ4v) is 3.63. The van der Waals surface area contributed by atoms with E-state index in [0.717, 1.165) is 18.2 Å². The van der Waals surface area contributed by atoms with Gasteiger partial charge in [-0.25, -0.2) is 23.1 Å². The molecule has 1 aliphatic rings. The predicted octanol–water partition coefficient (Wildman–Crippen LogP) is 2.08. The van der Waals surface area contributed by atoms with Crippen LogP contribution in [-0.2, 0) is 4.74 Å². The van der Waals surface area contributed by atoms with Crippen molar-refractivity contribution in [2.75, 3.05) is 23.8 Å². The number of fused-ring (bicyclic) bond motifs is 1. The molecule has 3 heterocycles. The quantitative estimate of drug-likeness (QED) is 0.643. The Hall–Kier alpha value is -3.27. The minimum Gasteiger partial charge on any atom is -0.462 e. The number of aliphatic hydroxyl groups excluding tert-OH is 1. The summed E-state index contributed by atoms with van der Waals surface area (Å²) in [4.78, 5) is 18.4. The van der Waals surface area contributed by atoms with E-state index in [9.17, 15) is 18.7 Å². The van der Waals surface area contributed by atoms with Crippen molar-refractivity contribution in [2.45, 2.75) is 25.5 Å². The van der Waals surface area contributed by atoms with Crippen molar-refractivity contribution >= 4 is 23.3 Å². The number of β-amino-alcohol motifs (C(OH)–C–C–N with tert-alkyl or cyclic N) is 1. The highest BCUT2D eigenvalue weighted by atomic mass is 19.1. The topological polar surface area (TPSA) is 106 Å². The molecule has 0 spiro atoms. The molecular formula is C19H19F2N5O3. The first-order chi connectivity index (χ1) is 13.9. The Kier molecular flexibility index (Phi) is 4.79. The SMILES string of the molecule is CCOC(=O)c1c(N)nn2ccc(N3C[C@H](O)CC3c3cc(F)ccc3F)nc12. The van der Waals surface area contributed by atoms with Gasteiger partial charge < -0.3 is 20.5 Å². The number of nitrogens with zero attached hydrogens (tertiary/aromatic N) is 4. The van der Waals surface area contributed by atoms with Gasteiger partial charge in [-0.2, -0.15) is 0 Å². The Labute approximate surface area is 164 Å². The molecule has 1 fully saturated rings. The molecule has 1 aromatic carbocycles. The van der Waals surface area contributed by atoms with Crippen LogP contribution in [0.15, 0.2) is 30.5 Å². The molecule has 0 bridgehead atoms. The van der Waals surface area contributed by atoms with Crippen LogP contribution in [-0.4, -0.2) is 44.9 Å². The van der Waals surface area contributed by atoms with Crippen LogP contribution in [0, 0.1) is 11.6 Å². The molecule has 3 N–H and O–H groups in total. The third kappa shape index (κ3) is 3.35. The van der Waals surface area contributed by atoms with Crippen LogP contribution in [0.1, 0.15) is 35.3 Å². The van der Waals surface area contributed by atoms with Gasteiger partial charge >= 0.3 is 5.97 Å². The van der Waals surface area contributed by atoms with Crippen LogP contribution < -0.4 is 10.6 Å². The van der Waals surface area contributed by atoms with Crippen molar-refractivity contribution in [3.63, 3.8) is 0 Å². The number of hydrogen-bond donors (Lipinski definition) is 2. The number of rotatable bonds is 4. The van der Waals surface area contributed by atoms with Crippen molar-refractivity contribution in [3.05, 3.63) is 53.2 Å². The van der Waals surface area contributed by atoms with Gasteiger partial charge in [0.1, 0.15) is 23.0 Å². The standard InChI is InChI=1S/C19H19F2N5O3/c1-2-29-19(28)16-17(22)24-26-6-5-15(23-18(16)26)25-9-11(27)8-14(25)12-7-10(20)3-4-13(12)21/h3-7,11,14,27H,2,8-9H2,1H3,(H2,22,24)/t11-,14?/m1/s1. The summed E-state index contributed by atoms with van der Waals surface area (Å²) in [5.74, 6) is -1.45. The number of ether oxygens (including phenoxy) is 1. The van der Waals surface area contributed by atoms with Crippen molar-refractivity contribution in [3.8, 4) is 0 Å². The first kappa shape index (κ1) is 19.1. The summed E-state index contributed by atoms with van der Waals surface area (Å²) >= 11 is 0. The summed E-state index contributed by atoms with van der Waals surface area (Å²) < 4.78 is 34.4. The number of hydrogen-bond acceptors (Lipinski definition) is 7. The first-order valence-electron chi connectivity index (χ1n) is 9.10. The predicted molar refractivity (Wildman–Crippen MR) is 100 cm³/mol. The van der Waals surface area contributed by atoms with Crippen molar-refractivity contribution in [1.29, 1.82) is 0 Å². The average Bonchev–Trinajstić information content (AvgIpc) is 3.22. The van der Waals surface area contributed by atoms with Crippen LogP contribution in [0.3, 0.4) is 0 Å².